The van der Waals surface area contributed by atoms with E-state index in [0.29, 0.717) is 5.75 Å². The number of aliphatic hydroxyl groups excluding tert-OH is 1. The van der Waals surface area contributed by atoms with Crippen LogP contribution >= 0.6 is 0 Å². The number of rotatable bonds is 2. The predicted octanol–water partition coefficient (Wildman–Crippen LogP) is 1.99. The van der Waals surface area contributed by atoms with E-state index < -0.39 is 6.29 Å². The number of phenolic OH excluding ortho intramolecular Hbond substituents is 1. The van der Waals surface area contributed by atoms with Gasteiger partial charge in [0.05, 0.1) is 5.92 Å². The summed E-state index contributed by atoms with van der Waals surface area (Å²) >= 11 is 0. The minimum Gasteiger partial charge on any atom is -0.508 e. The second kappa shape index (κ2) is 3.50. The molecule has 0 aromatic heterocycles. The van der Waals surface area contributed by atoms with Crippen LogP contribution < -0.4 is 4.74 Å². The molecule has 2 atom stereocenters. The topological polar surface area (TPSA) is 49.7 Å². The molecule has 0 spiro atoms. The molecule has 0 amide bonds. The second-order valence-electron chi connectivity index (χ2n) is 3.63. The first-order valence-corrected chi connectivity index (χ1v) is 4.90. The molecule has 1 aliphatic rings. The molecule has 3 nitrogen and oxygen atoms in total. The fraction of sp³-hybridized carbons (Fsp3) is 0.455. The standard InChI is InChI=1S/C11H14O3/c1-2-3-8-9-6-7(12)4-5-10(9)14-11(8)13/h4-6,8,11-13H,2-3H2,1H3/t8-,11-/m1/s1. The van der Waals surface area contributed by atoms with Crippen molar-refractivity contribution in [3.63, 3.8) is 0 Å². The molecule has 14 heavy (non-hydrogen) atoms. The van der Waals surface area contributed by atoms with Crippen molar-refractivity contribution >= 4 is 0 Å². The highest BCUT2D eigenvalue weighted by Crippen LogP contribution is 2.41. The van der Waals surface area contributed by atoms with Gasteiger partial charge in [0.1, 0.15) is 11.5 Å². The summed E-state index contributed by atoms with van der Waals surface area (Å²) in [6, 6.07) is 4.94. The van der Waals surface area contributed by atoms with Gasteiger partial charge in [-0.1, -0.05) is 13.3 Å². The lowest BCUT2D eigenvalue weighted by molar-refractivity contribution is -0.0200. The highest BCUT2D eigenvalue weighted by molar-refractivity contribution is 5.44. The first-order valence-electron chi connectivity index (χ1n) is 4.90. The van der Waals surface area contributed by atoms with Crippen molar-refractivity contribution in [2.45, 2.75) is 32.0 Å². The van der Waals surface area contributed by atoms with Crippen LogP contribution in [0.3, 0.4) is 0 Å². The molecule has 2 N–H and O–H groups in total. The zero-order valence-electron chi connectivity index (χ0n) is 8.10. The van der Waals surface area contributed by atoms with E-state index in [-0.39, 0.29) is 11.7 Å². The van der Waals surface area contributed by atoms with E-state index in [1.165, 1.54) is 0 Å². The molecule has 0 bridgehead atoms. The Bertz CT molecular complexity index is 335. The zero-order valence-corrected chi connectivity index (χ0v) is 8.10. The number of benzene rings is 1. The van der Waals surface area contributed by atoms with Gasteiger partial charge in [-0.3, -0.25) is 0 Å². The van der Waals surface area contributed by atoms with Crippen LogP contribution in [0.2, 0.25) is 0 Å². The van der Waals surface area contributed by atoms with Gasteiger partial charge in [-0.05, 0) is 24.6 Å². The van der Waals surface area contributed by atoms with Crippen LogP contribution in [0, 0.1) is 0 Å². The third-order valence-corrected chi connectivity index (χ3v) is 2.58. The number of aromatic hydroxyl groups is 1. The first-order chi connectivity index (χ1) is 6.72. The van der Waals surface area contributed by atoms with Crippen LogP contribution in [0.5, 0.6) is 11.5 Å². The fourth-order valence-corrected chi connectivity index (χ4v) is 1.91. The van der Waals surface area contributed by atoms with Gasteiger partial charge in [0, 0.05) is 5.56 Å². The number of hydrogen-bond acceptors (Lipinski definition) is 3. The van der Waals surface area contributed by atoms with Gasteiger partial charge in [0.15, 0.2) is 0 Å². The van der Waals surface area contributed by atoms with Crippen molar-refractivity contribution in [2.75, 3.05) is 0 Å². The average molecular weight is 194 g/mol. The summed E-state index contributed by atoms with van der Waals surface area (Å²) < 4.78 is 5.27. The van der Waals surface area contributed by atoms with Crippen molar-refractivity contribution in [2.24, 2.45) is 0 Å². The third kappa shape index (κ3) is 1.44. The summed E-state index contributed by atoms with van der Waals surface area (Å²) in [6.45, 7) is 2.06. The Morgan fingerprint density at radius 1 is 1.43 bits per heavy atom. The summed E-state index contributed by atoms with van der Waals surface area (Å²) in [5.74, 6) is 0.915. The predicted molar refractivity (Wildman–Crippen MR) is 52.4 cm³/mol. The quantitative estimate of drug-likeness (QED) is 0.756. The lowest BCUT2D eigenvalue weighted by Gasteiger charge is -2.11. The monoisotopic (exact) mass is 194 g/mol. The molecular weight excluding hydrogens is 180 g/mol. The van der Waals surface area contributed by atoms with E-state index in [0.717, 1.165) is 18.4 Å². The van der Waals surface area contributed by atoms with Crippen molar-refractivity contribution in [3.05, 3.63) is 23.8 Å². The Balaban J connectivity index is 2.34. The van der Waals surface area contributed by atoms with E-state index in [1.54, 1.807) is 18.2 Å². The molecule has 0 fully saturated rings. The number of aliphatic hydroxyl groups is 1. The van der Waals surface area contributed by atoms with Gasteiger partial charge in [-0.25, -0.2) is 0 Å². The van der Waals surface area contributed by atoms with Gasteiger partial charge < -0.3 is 14.9 Å². The van der Waals surface area contributed by atoms with Crippen LogP contribution in [0.4, 0.5) is 0 Å². The van der Waals surface area contributed by atoms with Gasteiger partial charge in [-0.2, -0.15) is 0 Å². The Morgan fingerprint density at radius 3 is 2.93 bits per heavy atom. The molecule has 1 heterocycles. The Kier molecular flexibility index (Phi) is 2.33. The number of fused-ring (bicyclic) bond motifs is 1. The van der Waals surface area contributed by atoms with E-state index in [4.69, 9.17) is 4.74 Å². The maximum atomic E-state index is 9.63. The van der Waals surface area contributed by atoms with E-state index in [1.807, 2.05) is 0 Å². The minimum absolute atomic E-state index is 0.00194. The van der Waals surface area contributed by atoms with Crippen LogP contribution in [0.1, 0.15) is 31.2 Å². The number of hydrogen-bond donors (Lipinski definition) is 2. The Morgan fingerprint density at radius 2 is 2.21 bits per heavy atom. The highest BCUT2D eigenvalue weighted by Gasteiger charge is 2.32. The molecule has 0 saturated carbocycles. The van der Waals surface area contributed by atoms with E-state index in [2.05, 4.69) is 6.92 Å². The van der Waals surface area contributed by atoms with Gasteiger partial charge in [0.25, 0.3) is 0 Å². The Hall–Kier alpha value is -1.22. The summed E-state index contributed by atoms with van der Waals surface area (Å²) in [6.07, 6.45) is 1.10. The summed E-state index contributed by atoms with van der Waals surface area (Å²) in [7, 11) is 0. The highest BCUT2D eigenvalue weighted by atomic mass is 16.6. The van der Waals surface area contributed by atoms with Crippen LogP contribution in [0.15, 0.2) is 18.2 Å². The van der Waals surface area contributed by atoms with Gasteiger partial charge >= 0.3 is 0 Å². The smallest absolute Gasteiger partial charge is 0.204 e. The average Bonchev–Trinajstić information content (AvgIpc) is 2.45. The molecule has 0 radical (unpaired) electrons. The van der Waals surface area contributed by atoms with Crippen molar-refractivity contribution in [1.82, 2.24) is 0 Å². The van der Waals surface area contributed by atoms with E-state index >= 15 is 0 Å². The van der Waals surface area contributed by atoms with Gasteiger partial charge in [-0.15, -0.1) is 0 Å². The largest absolute Gasteiger partial charge is 0.508 e. The van der Waals surface area contributed by atoms with E-state index in [9.17, 15) is 10.2 Å². The summed E-state index contributed by atoms with van der Waals surface area (Å²) in [5, 5.41) is 19.0. The van der Waals surface area contributed by atoms with Crippen LogP contribution in [-0.2, 0) is 0 Å². The van der Waals surface area contributed by atoms with Crippen LogP contribution in [-0.4, -0.2) is 16.5 Å². The number of ether oxygens (including phenoxy) is 1. The van der Waals surface area contributed by atoms with Crippen LogP contribution in [0.25, 0.3) is 0 Å². The minimum atomic E-state index is -0.758. The molecule has 76 valence electrons. The molecule has 2 rings (SSSR count). The molecule has 1 aromatic rings. The fourth-order valence-electron chi connectivity index (χ4n) is 1.91. The maximum Gasteiger partial charge on any atom is 0.204 e. The SMILES string of the molecule is CCC[C@@H]1c2cc(O)ccc2O[C@H]1O. The lowest BCUT2D eigenvalue weighted by atomic mass is 9.95. The molecule has 3 heteroatoms. The molecular formula is C11H14O3. The number of phenols is 1. The molecule has 1 aliphatic heterocycles. The van der Waals surface area contributed by atoms with Crippen molar-refractivity contribution < 1.29 is 14.9 Å². The molecule has 0 unspecified atom stereocenters. The lowest BCUT2D eigenvalue weighted by Crippen LogP contribution is -2.17. The molecule has 0 saturated heterocycles. The molecule has 1 aromatic carbocycles. The van der Waals surface area contributed by atoms with Crippen molar-refractivity contribution in [3.8, 4) is 11.5 Å². The third-order valence-electron chi connectivity index (χ3n) is 2.58. The first kappa shape index (κ1) is 9.34. The maximum absolute atomic E-state index is 9.63. The summed E-state index contributed by atoms with van der Waals surface area (Å²) in [5.41, 5.74) is 0.916. The second-order valence-corrected chi connectivity index (χ2v) is 3.63. The molecule has 0 aliphatic carbocycles. The van der Waals surface area contributed by atoms with Crippen molar-refractivity contribution in [1.29, 1.82) is 0 Å². The zero-order chi connectivity index (χ0) is 10.1. The summed E-state index contributed by atoms with van der Waals surface area (Å²) in [4.78, 5) is 0. The normalized spacial score (nSPS) is 24.4. The Labute approximate surface area is 83.0 Å². The van der Waals surface area contributed by atoms with Gasteiger partial charge in [0.2, 0.25) is 6.29 Å².